The lowest BCUT2D eigenvalue weighted by atomic mass is 10.3. The molecule has 0 heterocycles. The molecule has 0 fully saturated rings. The molecule has 1 aromatic carbocycles. The van der Waals surface area contributed by atoms with Crippen LogP contribution >= 0.6 is 11.6 Å². The fourth-order valence-corrected chi connectivity index (χ4v) is 1.28. The van der Waals surface area contributed by atoms with Crippen molar-refractivity contribution in [3.63, 3.8) is 0 Å². The van der Waals surface area contributed by atoms with Gasteiger partial charge in [0.25, 0.3) is 0 Å². The second-order valence-corrected chi connectivity index (χ2v) is 3.34. The Kier molecular flexibility index (Phi) is 5.29. The van der Waals surface area contributed by atoms with Crippen LogP contribution in [0.3, 0.4) is 0 Å². The number of allylic oxidation sites excluding steroid dienone is 1. The van der Waals surface area contributed by atoms with Crippen molar-refractivity contribution in [2.45, 2.75) is 0 Å². The highest BCUT2D eigenvalue weighted by Crippen LogP contribution is 2.30. The molecular formula is C11H12ClNO4. The fraction of sp³-hybridized carbons (Fsp3) is 0.273. The number of nitro benzene ring substituents is 1. The molecule has 0 bridgehead atoms. The van der Waals surface area contributed by atoms with Gasteiger partial charge in [-0.2, -0.15) is 0 Å². The Balaban J connectivity index is 2.83. The lowest BCUT2D eigenvalue weighted by molar-refractivity contribution is -0.385. The van der Waals surface area contributed by atoms with E-state index < -0.39 is 4.92 Å². The smallest absolute Gasteiger partial charge is 0.314 e. The van der Waals surface area contributed by atoms with Crippen LogP contribution < -0.4 is 9.47 Å². The van der Waals surface area contributed by atoms with Gasteiger partial charge in [0.05, 0.1) is 18.1 Å². The molecule has 5 nitrogen and oxygen atoms in total. The number of nitro groups is 1. The second-order valence-electron chi connectivity index (χ2n) is 3.03. The SMILES string of the molecule is COc1ccc(OCC=CCCl)c([N+](=O)[O-])c1. The number of ether oxygens (including phenoxy) is 2. The van der Waals surface area contributed by atoms with Crippen LogP contribution in [0.5, 0.6) is 11.5 Å². The van der Waals surface area contributed by atoms with Crippen molar-refractivity contribution in [1.82, 2.24) is 0 Å². The normalized spacial score (nSPS) is 10.5. The maximum absolute atomic E-state index is 10.8. The number of methoxy groups -OCH3 is 1. The highest BCUT2D eigenvalue weighted by molar-refractivity contribution is 6.18. The number of rotatable bonds is 6. The van der Waals surface area contributed by atoms with Gasteiger partial charge < -0.3 is 9.47 Å². The van der Waals surface area contributed by atoms with E-state index in [1.165, 1.54) is 19.2 Å². The van der Waals surface area contributed by atoms with Crippen molar-refractivity contribution in [2.24, 2.45) is 0 Å². The molecular weight excluding hydrogens is 246 g/mol. The van der Waals surface area contributed by atoms with Gasteiger partial charge in [0.15, 0.2) is 5.75 Å². The Morgan fingerprint density at radius 3 is 2.82 bits per heavy atom. The summed E-state index contributed by atoms with van der Waals surface area (Å²) in [6.45, 7) is 0.236. The van der Waals surface area contributed by atoms with Crippen molar-refractivity contribution in [1.29, 1.82) is 0 Å². The van der Waals surface area contributed by atoms with Crippen molar-refractivity contribution in [3.05, 3.63) is 40.5 Å². The average Bonchev–Trinajstić information content (AvgIpc) is 2.34. The molecule has 6 heteroatoms. The molecule has 0 aliphatic heterocycles. The molecule has 0 N–H and O–H groups in total. The highest BCUT2D eigenvalue weighted by Gasteiger charge is 2.15. The molecule has 1 aromatic rings. The monoisotopic (exact) mass is 257 g/mol. The predicted molar refractivity (Wildman–Crippen MR) is 65.0 cm³/mol. The Bertz CT molecular complexity index is 420. The number of halogens is 1. The quantitative estimate of drug-likeness (QED) is 0.340. The molecule has 0 aliphatic rings. The zero-order chi connectivity index (χ0) is 12.7. The summed E-state index contributed by atoms with van der Waals surface area (Å²) in [5.74, 6) is 1.00. The van der Waals surface area contributed by atoms with Crippen LogP contribution in [0.2, 0.25) is 0 Å². The summed E-state index contributed by atoms with van der Waals surface area (Å²) in [5, 5.41) is 10.8. The molecule has 0 aromatic heterocycles. The van der Waals surface area contributed by atoms with Gasteiger partial charge in [0.2, 0.25) is 0 Å². The fourth-order valence-electron chi connectivity index (χ4n) is 1.16. The molecule has 0 unspecified atom stereocenters. The minimum atomic E-state index is -0.511. The second kappa shape index (κ2) is 6.75. The summed E-state index contributed by atoms with van der Waals surface area (Å²) in [7, 11) is 1.45. The number of alkyl halides is 1. The van der Waals surface area contributed by atoms with Crippen LogP contribution in [0.4, 0.5) is 5.69 Å². The molecule has 17 heavy (non-hydrogen) atoms. The first-order chi connectivity index (χ1) is 8.19. The van der Waals surface area contributed by atoms with Crippen LogP contribution in [0.1, 0.15) is 0 Å². The summed E-state index contributed by atoms with van der Waals surface area (Å²) in [6, 6.07) is 4.43. The molecule has 0 radical (unpaired) electrons. The minimum absolute atomic E-state index is 0.122. The van der Waals surface area contributed by atoms with Gasteiger partial charge in [0.1, 0.15) is 12.4 Å². The molecule has 0 aliphatic carbocycles. The third-order valence-corrected chi connectivity index (χ3v) is 2.13. The Morgan fingerprint density at radius 1 is 1.47 bits per heavy atom. The summed E-state index contributed by atoms with van der Waals surface area (Å²) in [6.07, 6.45) is 3.40. The van der Waals surface area contributed by atoms with E-state index in [9.17, 15) is 10.1 Å². The molecule has 0 atom stereocenters. The number of nitrogens with zero attached hydrogens (tertiary/aromatic N) is 1. The van der Waals surface area contributed by atoms with E-state index in [1.54, 1.807) is 18.2 Å². The molecule has 1 rings (SSSR count). The first kappa shape index (κ1) is 13.3. The average molecular weight is 258 g/mol. The third-order valence-electron chi connectivity index (χ3n) is 1.95. The topological polar surface area (TPSA) is 61.6 Å². The Labute approximate surface area is 104 Å². The van der Waals surface area contributed by atoms with E-state index in [2.05, 4.69) is 0 Å². The lowest BCUT2D eigenvalue weighted by Gasteiger charge is -2.05. The zero-order valence-corrected chi connectivity index (χ0v) is 10.0. The van der Waals surface area contributed by atoms with Gasteiger partial charge in [-0.1, -0.05) is 12.2 Å². The molecule has 0 saturated heterocycles. The molecule has 92 valence electrons. The Morgan fingerprint density at radius 2 is 2.24 bits per heavy atom. The zero-order valence-electron chi connectivity index (χ0n) is 9.26. The van der Waals surface area contributed by atoms with Gasteiger partial charge in [0, 0.05) is 5.88 Å². The molecule has 0 spiro atoms. The summed E-state index contributed by atoms with van der Waals surface area (Å²) in [5.41, 5.74) is -0.122. The van der Waals surface area contributed by atoms with Crippen LogP contribution in [0.15, 0.2) is 30.4 Å². The van der Waals surface area contributed by atoms with Crippen LogP contribution in [-0.2, 0) is 0 Å². The van der Waals surface area contributed by atoms with Crippen LogP contribution in [-0.4, -0.2) is 24.5 Å². The highest BCUT2D eigenvalue weighted by atomic mass is 35.5. The predicted octanol–water partition coefficient (Wildman–Crippen LogP) is 2.78. The maximum Gasteiger partial charge on any atom is 0.314 e. The van der Waals surface area contributed by atoms with Gasteiger partial charge in [-0.25, -0.2) is 0 Å². The van der Waals surface area contributed by atoms with E-state index in [1.807, 2.05) is 0 Å². The van der Waals surface area contributed by atoms with Crippen molar-refractivity contribution in [3.8, 4) is 11.5 Å². The first-order valence-corrected chi connectivity index (χ1v) is 5.38. The Hall–Kier alpha value is -1.75. The summed E-state index contributed by atoms with van der Waals surface area (Å²) in [4.78, 5) is 10.3. The summed E-state index contributed by atoms with van der Waals surface area (Å²) < 4.78 is 10.2. The van der Waals surface area contributed by atoms with E-state index in [4.69, 9.17) is 21.1 Å². The van der Waals surface area contributed by atoms with Crippen molar-refractivity contribution in [2.75, 3.05) is 19.6 Å². The number of benzene rings is 1. The van der Waals surface area contributed by atoms with Gasteiger partial charge in [-0.05, 0) is 12.1 Å². The van der Waals surface area contributed by atoms with Crippen molar-refractivity contribution >= 4 is 17.3 Å². The lowest BCUT2D eigenvalue weighted by Crippen LogP contribution is -1.99. The number of hydrogen-bond donors (Lipinski definition) is 0. The summed E-state index contributed by atoms with van der Waals surface area (Å²) >= 11 is 5.44. The molecule has 0 amide bonds. The first-order valence-electron chi connectivity index (χ1n) is 4.85. The van der Waals surface area contributed by atoms with Crippen LogP contribution in [0, 0.1) is 10.1 Å². The van der Waals surface area contributed by atoms with E-state index in [0.717, 1.165) is 0 Å². The van der Waals surface area contributed by atoms with Gasteiger partial charge >= 0.3 is 5.69 Å². The number of hydrogen-bond acceptors (Lipinski definition) is 4. The van der Waals surface area contributed by atoms with E-state index in [-0.39, 0.29) is 18.0 Å². The third kappa shape index (κ3) is 3.96. The van der Waals surface area contributed by atoms with E-state index in [0.29, 0.717) is 11.6 Å². The molecule has 0 saturated carbocycles. The minimum Gasteiger partial charge on any atom is -0.496 e. The van der Waals surface area contributed by atoms with Crippen LogP contribution in [0.25, 0.3) is 0 Å². The largest absolute Gasteiger partial charge is 0.496 e. The standard InChI is InChI=1S/C11H12ClNO4/c1-16-9-4-5-11(10(8-9)13(14)15)17-7-3-2-6-12/h2-5,8H,6-7H2,1H3. The van der Waals surface area contributed by atoms with Crippen molar-refractivity contribution < 1.29 is 14.4 Å². The van der Waals surface area contributed by atoms with Gasteiger partial charge in [-0.3, -0.25) is 10.1 Å². The maximum atomic E-state index is 10.8. The van der Waals surface area contributed by atoms with E-state index >= 15 is 0 Å². The van der Waals surface area contributed by atoms with Gasteiger partial charge in [-0.15, -0.1) is 11.6 Å².